The second-order valence-electron chi connectivity index (χ2n) is 4.69. The molecule has 2 aromatic rings. The minimum Gasteiger partial charge on any atom is -0.497 e. The van der Waals surface area contributed by atoms with Crippen LogP contribution < -0.4 is 9.47 Å². The van der Waals surface area contributed by atoms with Gasteiger partial charge in [-0.2, -0.15) is 4.98 Å². The molecule has 1 aromatic carbocycles. The van der Waals surface area contributed by atoms with Crippen LogP contribution in [-0.2, 0) is 6.61 Å². The summed E-state index contributed by atoms with van der Waals surface area (Å²) in [6, 6.07) is 7.71. The summed E-state index contributed by atoms with van der Waals surface area (Å²) in [5, 5.41) is 0.194. The van der Waals surface area contributed by atoms with Crippen molar-refractivity contribution in [2.75, 3.05) is 7.11 Å². The van der Waals surface area contributed by atoms with Crippen LogP contribution in [0.2, 0.25) is 5.28 Å². The molecule has 0 radical (unpaired) electrons. The van der Waals surface area contributed by atoms with Gasteiger partial charge in [-0.15, -0.1) is 0 Å². The Morgan fingerprint density at radius 2 is 1.90 bits per heavy atom. The van der Waals surface area contributed by atoms with Gasteiger partial charge in [0.05, 0.1) is 7.11 Å². The predicted molar refractivity (Wildman–Crippen MR) is 78.5 cm³/mol. The fourth-order valence-electron chi connectivity index (χ4n) is 1.74. The maximum absolute atomic E-state index is 5.82. The zero-order chi connectivity index (χ0) is 14.5. The van der Waals surface area contributed by atoms with Gasteiger partial charge in [0.1, 0.15) is 12.4 Å². The second kappa shape index (κ2) is 6.57. The van der Waals surface area contributed by atoms with E-state index in [0.29, 0.717) is 12.5 Å². The minimum atomic E-state index is 0.194. The lowest BCUT2D eigenvalue weighted by Gasteiger charge is -2.12. The van der Waals surface area contributed by atoms with Crippen LogP contribution in [0.25, 0.3) is 0 Å². The largest absolute Gasteiger partial charge is 0.497 e. The van der Waals surface area contributed by atoms with Gasteiger partial charge in [0, 0.05) is 11.8 Å². The summed E-state index contributed by atoms with van der Waals surface area (Å²) < 4.78 is 10.9. The first-order chi connectivity index (χ1) is 9.60. The highest BCUT2D eigenvalue weighted by atomic mass is 35.5. The van der Waals surface area contributed by atoms with E-state index < -0.39 is 0 Å². The van der Waals surface area contributed by atoms with E-state index in [1.807, 2.05) is 24.3 Å². The predicted octanol–water partition coefficient (Wildman–Crippen LogP) is 3.84. The third-order valence-electron chi connectivity index (χ3n) is 2.91. The molecule has 2 rings (SSSR count). The number of nitrogens with zero attached hydrogens (tertiary/aromatic N) is 2. The van der Waals surface area contributed by atoms with Gasteiger partial charge in [0.25, 0.3) is 0 Å². The van der Waals surface area contributed by atoms with Gasteiger partial charge in [-0.25, -0.2) is 4.98 Å². The molecule has 4 nitrogen and oxygen atoms in total. The second-order valence-corrected chi connectivity index (χ2v) is 5.03. The van der Waals surface area contributed by atoms with Crippen molar-refractivity contribution < 1.29 is 9.47 Å². The van der Waals surface area contributed by atoms with E-state index in [1.165, 1.54) is 0 Å². The van der Waals surface area contributed by atoms with Crippen molar-refractivity contribution >= 4 is 11.6 Å². The molecular formula is C15H17ClN2O2. The standard InChI is InChI=1S/C15H17ClN2O2/c1-10(2)13-8-17-15(16)18-14(13)20-9-11-4-6-12(19-3)7-5-11/h4-8,10H,9H2,1-3H3. The van der Waals surface area contributed by atoms with Gasteiger partial charge in [-0.1, -0.05) is 26.0 Å². The summed E-state index contributed by atoms with van der Waals surface area (Å²) in [4.78, 5) is 8.15. The Labute approximate surface area is 123 Å². The smallest absolute Gasteiger partial charge is 0.225 e. The van der Waals surface area contributed by atoms with E-state index in [4.69, 9.17) is 21.1 Å². The third-order valence-corrected chi connectivity index (χ3v) is 3.09. The number of hydrogen-bond donors (Lipinski definition) is 0. The van der Waals surface area contributed by atoms with Crippen LogP contribution in [0.15, 0.2) is 30.5 Å². The Bertz CT molecular complexity index is 571. The molecule has 1 heterocycles. The van der Waals surface area contributed by atoms with Crippen molar-refractivity contribution in [3.05, 3.63) is 46.9 Å². The van der Waals surface area contributed by atoms with Crippen LogP contribution in [0.4, 0.5) is 0 Å². The molecule has 106 valence electrons. The molecule has 0 bridgehead atoms. The molecule has 0 aliphatic rings. The average Bonchev–Trinajstić information content (AvgIpc) is 2.45. The van der Waals surface area contributed by atoms with Crippen molar-refractivity contribution in [1.82, 2.24) is 9.97 Å². The zero-order valence-corrected chi connectivity index (χ0v) is 12.5. The quantitative estimate of drug-likeness (QED) is 0.785. The van der Waals surface area contributed by atoms with E-state index in [0.717, 1.165) is 16.9 Å². The lowest BCUT2D eigenvalue weighted by Crippen LogP contribution is -2.03. The molecule has 0 saturated carbocycles. The fraction of sp³-hybridized carbons (Fsp3) is 0.333. The van der Waals surface area contributed by atoms with Crippen molar-refractivity contribution in [3.8, 4) is 11.6 Å². The number of ether oxygens (including phenoxy) is 2. The third kappa shape index (κ3) is 3.61. The number of methoxy groups -OCH3 is 1. The molecule has 0 amide bonds. The van der Waals surface area contributed by atoms with E-state index in [2.05, 4.69) is 23.8 Å². The van der Waals surface area contributed by atoms with Gasteiger partial charge in [-0.05, 0) is 35.2 Å². The number of rotatable bonds is 5. The summed E-state index contributed by atoms with van der Waals surface area (Å²) >= 11 is 5.82. The molecule has 0 spiro atoms. The maximum atomic E-state index is 5.82. The normalized spacial score (nSPS) is 10.7. The number of halogens is 1. The van der Waals surface area contributed by atoms with Gasteiger partial charge in [0.15, 0.2) is 0 Å². The average molecular weight is 293 g/mol. The van der Waals surface area contributed by atoms with Crippen molar-refractivity contribution in [2.24, 2.45) is 0 Å². The zero-order valence-electron chi connectivity index (χ0n) is 11.8. The molecule has 5 heteroatoms. The van der Waals surface area contributed by atoms with Gasteiger partial charge >= 0.3 is 0 Å². The van der Waals surface area contributed by atoms with Crippen LogP contribution in [0.1, 0.15) is 30.9 Å². The highest BCUT2D eigenvalue weighted by Gasteiger charge is 2.11. The fourth-order valence-corrected chi connectivity index (χ4v) is 1.87. The highest BCUT2D eigenvalue weighted by Crippen LogP contribution is 2.25. The summed E-state index contributed by atoms with van der Waals surface area (Å²) in [6.45, 7) is 4.55. The van der Waals surface area contributed by atoms with Crippen LogP contribution in [0, 0.1) is 0 Å². The first-order valence-corrected chi connectivity index (χ1v) is 6.76. The van der Waals surface area contributed by atoms with Crippen LogP contribution in [0.5, 0.6) is 11.6 Å². The Kier molecular flexibility index (Phi) is 4.79. The summed E-state index contributed by atoms with van der Waals surface area (Å²) in [5.74, 6) is 1.63. The molecule has 20 heavy (non-hydrogen) atoms. The van der Waals surface area contributed by atoms with Crippen LogP contribution >= 0.6 is 11.6 Å². The first kappa shape index (κ1) is 14.6. The van der Waals surface area contributed by atoms with Gasteiger partial charge < -0.3 is 9.47 Å². The molecule has 0 fully saturated rings. The molecular weight excluding hydrogens is 276 g/mol. The van der Waals surface area contributed by atoms with Crippen LogP contribution in [-0.4, -0.2) is 17.1 Å². The maximum Gasteiger partial charge on any atom is 0.225 e. The Morgan fingerprint density at radius 3 is 2.50 bits per heavy atom. The monoisotopic (exact) mass is 292 g/mol. The van der Waals surface area contributed by atoms with Crippen molar-refractivity contribution in [3.63, 3.8) is 0 Å². The van der Waals surface area contributed by atoms with Gasteiger partial charge in [-0.3, -0.25) is 0 Å². The Hall–Kier alpha value is -1.81. The molecule has 1 aromatic heterocycles. The van der Waals surface area contributed by atoms with Crippen LogP contribution in [0.3, 0.4) is 0 Å². The van der Waals surface area contributed by atoms with Gasteiger partial charge in [0.2, 0.25) is 11.2 Å². The van der Waals surface area contributed by atoms with E-state index in [-0.39, 0.29) is 11.2 Å². The SMILES string of the molecule is COc1ccc(COc2nc(Cl)ncc2C(C)C)cc1. The molecule has 0 N–H and O–H groups in total. The number of aromatic nitrogens is 2. The van der Waals surface area contributed by atoms with E-state index >= 15 is 0 Å². The number of benzene rings is 1. The Balaban J connectivity index is 2.11. The Morgan fingerprint density at radius 1 is 1.20 bits per heavy atom. The molecule has 0 aliphatic heterocycles. The summed E-state index contributed by atoms with van der Waals surface area (Å²) in [5.41, 5.74) is 1.98. The topological polar surface area (TPSA) is 44.2 Å². The lowest BCUT2D eigenvalue weighted by atomic mass is 10.1. The molecule has 0 saturated heterocycles. The first-order valence-electron chi connectivity index (χ1n) is 6.38. The number of hydrogen-bond acceptors (Lipinski definition) is 4. The molecule has 0 aliphatic carbocycles. The summed E-state index contributed by atoms with van der Waals surface area (Å²) in [7, 11) is 1.64. The summed E-state index contributed by atoms with van der Waals surface area (Å²) in [6.07, 6.45) is 1.71. The minimum absolute atomic E-state index is 0.194. The van der Waals surface area contributed by atoms with E-state index in [9.17, 15) is 0 Å². The van der Waals surface area contributed by atoms with E-state index in [1.54, 1.807) is 13.3 Å². The lowest BCUT2D eigenvalue weighted by molar-refractivity contribution is 0.288. The highest BCUT2D eigenvalue weighted by molar-refractivity contribution is 6.28. The molecule has 0 unspecified atom stereocenters. The van der Waals surface area contributed by atoms with Crippen molar-refractivity contribution in [2.45, 2.75) is 26.4 Å². The van der Waals surface area contributed by atoms with Crippen molar-refractivity contribution in [1.29, 1.82) is 0 Å². The molecule has 0 atom stereocenters.